The summed E-state index contributed by atoms with van der Waals surface area (Å²) in [5.74, 6) is 0.779. The Labute approximate surface area is 105 Å². The molecule has 2 atom stereocenters. The lowest BCUT2D eigenvalue weighted by atomic mass is 9.89. The van der Waals surface area contributed by atoms with E-state index in [4.69, 9.17) is 5.73 Å². The van der Waals surface area contributed by atoms with Gasteiger partial charge in [0.25, 0.3) is 0 Å². The normalized spacial score (nSPS) is 25.5. The SMILES string of the molecule is NC1CCCCCC1CCCc1ccccc1. The van der Waals surface area contributed by atoms with Crippen LogP contribution in [-0.4, -0.2) is 6.04 Å². The predicted molar refractivity (Wildman–Crippen MR) is 73.9 cm³/mol. The molecular formula is C16H25N. The summed E-state index contributed by atoms with van der Waals surface area (Å²) in [7, 11) is 0. The van der Waals surface area contributed by atoms with E-state index in [0.29, 0.717) is 6.04 Å². The van der Waals surface area contributed by atoms with Gasteiger partial charge in [-0.15, -0.1) is 0 Å². The Hall–Kier alpha value is -0.820. The molecular weight excluding hydrogens is 206 g/mol. The molecule has 1 nitrogen and oxygen atoms in total. The molecule has 2 N–H and O–H groups in total. The second-order valence-corrected chi connectivity index (χ2v) is 5.44. The molecule has 1 saturated carbocycles. The maximum absolute atomic E-state index is 6.26. The molecule has 0 aliphatic heterocycles. The van der Waals surface area contributed by atoms with Crippen molar-refractivity contribution in [2.45, 2.75) is 57.4 Å². The second-order valence-electron chi connectivity index (χ2n) is 5.44. The largest absolute Gasteiger partial charge is 0.327 e. The van der Waals surface area contributed by atoms with Crippen molar-refractivity contribution in [1.29, 1.82) is 0 Å². The first kappa shape index (κ1) is 12.6. The topological polar surface area (TPSA) is 26.0 Å². The van der Waals surface area contributed by atoms with Crippen LogP contribution in [0, 0.1) is 5.92 Å². The van der Waals surface area contributed by atoms with Gasteiger partial charge in [-0.3, -0.25) is 0 Å². The zero-order valence-electron chi connectivity index (χ0n) is 10.8. The van der Waals surface area contributed by atoms with Gasteiger partial charge >= 0.3 is 0 Å². The summed E-state index contributed by atoms with van der Waals surface area (Å²) in [5.41, 5.74) is 7.73. The van der Waals surface area contributed by atoms with Gasteiger partial charge in [0.05, 0.1) is 0 Å². The molecule has 0 heterocycles. The second kappa shape index (κ2) is 6.80. The minimum atomic E-state index is 0.466. The third kappa shape index (κ3) is 4.16. The Balaban J connectivity index is 1.73. The van der Waals surface area contributed by atoms with Crippen LogP contribution in [0.3, 0.4) is 0 Å². The van der Waals surface area contributed by atoms with Gasteiger partial charge in [-0.2, -0.15) is 0 Å². The van der Waals surface area contributed by atoms with Crippen molar-refractivity contribution < 1.29 is 0 Å². The lowest BCUT2D eigenvalue weighted by molar-refractivity contribution is 0.364. The molecule has 1 heteroatoms. The summed E-state index contributed by atoms with van der Waals surface area (Å²) in [6, 6.07) is 11.3. The average Bonchev–Trinajstić information content (AvgIpc) is 2.56. The van der Waals surface area contributed by atoms with Gasteiger partial charge in [0, 0.05) is 6.04 Å². The van der Waals surface area contributed by atoms with Gasteiger partial charge in [-0.25, -0.2) is 0 Å². The molecule has 0 spiro atoms. The first-order valence-corrected chi connectivity index (χ1v) is 7.16. The highest BCUT2D eigenvalue weighted by molar-refractivity contribution is 5.14. The number of nitrogens with two attached hydrogens (primary N) is 1. The summed E-state index contributed by atoms with van der Waals surface area (Å²) in [4.78, 5) is 0. The molecule has 1 aromatic rings. The maximum atomic E-state index is 6.26. The molecule has 2 unspecified atom stereocenters. The Kier molecular flexibility index (Phi) is 5.06. The van der Waals surface area contributed by atoms with E-state index < -0.39 is 0 Å². The van der Waals surface area contributed by atoms with Crippen molar-refractivity contribution in [2.24, 2.45) is 11.7 Å². The first-order valence-electron chi connectivity index (χ1n) is 7.16. The fourth-order valence-corrected chi connectivity index (χ4v) is 2.98. The van der Waals surface area contributed by atoms with Crippen molar-refractivity contribution in [2.75, 3.05) is 0 Å². The van der Waals surface area contributed by atoms with Gasteiger partial charge < -0.3 is 5.73 Å². The van der Waals surface area contributed by atoms with E-state index in [1.165, 1.54) is 56.9 Å². The standard InChI is InChI=1S/C16H25N/c17-16-13-6-2-5-11-15(16)12-7-10-14-8-3-1-4-9-14/h1,3-4,8-9,15-16H,2,5-7,10-13,17H2. The quantitative estimate of drug-likeness (QED) is 0.781. The van der Waals surface area contributed by atoms with Gasteiger partial charge in [-0.05, 0) is 43.6 Å². The number of hydrogen-bond donors (Lipinski definition) is 1. The molecule has 17 heavy (non-hydrogen) atoms. The summed E-state index contributed by atoms with van der Waals surface area (Å²) in [5, 5.41) is 0. The van der Waals surface area contributed by atoms with Crippen molar-refractivity contribution in [1.82, 2.24) is 0 Å². The van der Waals surface area contributed by atoms with Crippen LogP contribution in [-0.2, 0) is 6.42 Å². The lowest BCUT2D eigenvalue weighted by Gasteiger charge is -2.21. The summed E-state index contributed by atoms with van der Waals surface area (Å²) >= 11 is 0. The van der Waals surface area contributed by atoms with Crippen LogP contribution < -0.4 is 5.73 Å². The van der Waals surface area contributed by atoms with E-state index in [0.717, 1.165) is 5.92 Å². The van der Waals surface area contributed by atoms with Crippen molar-refractivity contribution >= 4 is 0 Å². The van der Waals surface area contributed by atoms with Crippen LogP contribution in [0.25, 0.3) is 0 Å². The van der Waals surface area contributed by atoms with Crippen LogP contribution >= 0.6 is 0 Å². The molecule has 0 bridgehead atoms. The number of hydrogen-bond acceptors (Lipinski definition) is 1. The maximum Gasteiger partial charge on any atom is 0.00671 e. The smallest absolute Gasteiger partial charge is 0.00671 e. The lowest BCUT2D eigenvalue weighted by Crippen LogP contribution is -2.28. The third-order valence-electron chi connectivity index (χ3n) is 4.10. The predicted octanol–water partition coefficient (Wildman–Crippen LogP) is 3.92. The molecule has 1 aliphatic carbocycles. The van der Waals surface area contributed by atoms with E-state index in [9.17, 15) is 0 Å². The van der Waals surface area contributed by atoms with E-state index in [-0.39, 0.29) is 0 Å². The highest BCUT2D eigenvalue weighted by atomic mass is 14.6. The van der Waals surface area contributed by atoms with Crippen molar-refractivity contribution in [3.05, 3.63) is 35.9 Å². The zero-order chi connectivity index (χ0) is 11.9. The Morgan fingerprint density at radius 3 is 2.59 bits per heavy atom. The van der Waals surface area contributed by atoms with E-state index in [2.05, 4.69) is 30.3 Å². The molecule has 0 amide bonds. The fraction of sp³-hybridized carbons (Fsp3) is 0.625. The summed E-state index contributed by atoms with van der Waals surface area (Å²) in [6.07, 6.45) is 10.6. The van der Waals surface area contributed by atoms with E-state index >= 15 is 0 Å². The molecule has 2 rings (SSSR count). The van der Waals surface area contributed by atoms with Crippen molar-refractivity contribution in [3.63, 3.8) is 0 Å². The van der Waals surface area contributed by atoms with Gasteiger partial charge in [0.2, 0.25) is 0 Å². The third-order valence-corrected chi connectivity index (χ3v) is 4.10. The van der Waals surface area contributed by atoms with Gasteiger partial charge in [0.15, 0.2) is 0 Å². The van der Waals surface area contributed by atoms with Crippen LogP contribution in [0.15, 0.2) is 30.3 Å². The van der Waals surface area contributed by atoms with Crippen molar-refractivity contribution in [3.8, 4) is 0 Å². The van der Waals surface area contributed by atoms with Gasteiger partial charge in [-0.1, -0.05) is 49.6 Å². The Morgan fingerprint density at radius 1 is 1.00 bits per heavy atom. The fourth-order valence-electron chi connectivity index (χ4n) is 2.98. The molecule has 0 aromatic heterocycles. The summed E-state index contributed by atoms with van der Waals surface area (Å²) in [6.45, 7) is 0. The molecule has 1 aliphatic rings. The highest BCUT2D eigenvalue weighted by Gasteiger charge is 2.19. The number of rotatable bonds is 4. The Bertz CT molecular complexity index is 307. The number of aryl methyl sites for hydroxylation is 1. The van der Waals surface area contributed by atoms with E-state index in [1.54, 1.807) is 0 Å². The average molecular weight is 231 g/mol. The summed E-state index contributed by atoms with van der Waals surface area (Å²) < 4.78 is 0. The number of benzene rings is 1. The minimum Gasteiger partial charge on any atom is -0.327 e. The monoisotopic (exact) mass is 231 g/mol. The molecule has 0 saturated heterocycles. The van der Waals surface area contributed by atoms with Crippen LogP contribution in [0.1, 0.15) is 50.5 Å². The van der Waals surface area contributed by atoms with Crippen LogP contribution in [0.5, 0.6) is 0 Å². The molecule has 1 fully saturated rings. The zero-order valence-corrected chi connectivity index (χ0v) is 10.8. The minimum absolute atomic E-state index is 0.466. The van der Waals surface area contributed by atoms with E-state index in [1.807, 2.05) is 0 Å². The first-order chi connectivity index (χ1) is 8.36. The van der Waals surface area contributed by atoms with Crippen LogP contribution in [0.4, 0.5) is 0 Å². The van der Waals surface area contributed by atoms with Crippen LogP contribution in [0.2, 0.25) is 0 Å². The Morgan fingerprint density at radius 2 is 1.76 bits per heavy atom. The van der Waals surface area contributed by atoms with Gasteiger partial charge in [0.1, 0.15) is 0 Å². The molecule has 0 radical (unpaired) electrons. The molecule has 1 aromatic carbocycles. The molecule has 94 valence electrons. The highest BCUT2D eigenvalue weighted by Crippen LogP contribution is 2.26.